The Balaban J connectivity index is 1.48. The molecule has 0 radical (unpaired) electrons. The molecule has 4 heteroatoms. The van der Waals surface area contributed by atoms with Crippen LogP contribution in [0.15, 0.2) is 104 Å². The normalized spacial score (nSPS) is 12.0. The molecule has 4 rings (SSSR count). The lowest BCUT2D eigenvalue weighted by atomic mass is 10.1. The Morgan fingerprint density at radius 1 is 0.968 bits per heavy atom. The van der Waals surface area contributed by atoms with Crippen molar-refractivity contribution in [3.63, 3.8) is 0 Å². The number of nitrogens with zero attached hydrogens (tertiary/aromatic N) is 3. The van der Waals surface area contributed by atoms with Crippen LogP contribution in [0, 0.1) is 0 Å². The van der Waals surface area contributed by atoms with Crippen LogP contribution < -0.4 is 5.32 Å². The highest BCUT2D eigenvalue weighted by Gasteiger charge is 2.09. The maximum Gasteiger partial charge on any atom is 0.162 e. The molecule has 0 saturated heterocycles. The van der Waals surface area contributed by atoms with Crippen LogP contribution in [-0.2, 0) is 13.1 Å². The fourth-order valence-corrected chi connectivity index (χ4v) is 3.53. The molecule has 0 aliphatic heterocycles. The lowest BCUT2D eigenvalue weighted by molar-refractivity contribution is 0.693. The van der Waals surface area contributed by atoms with Crippen LogP contribution in [-0.4, -0.2) is 14.6 Å². The van der Waals surface area contributed by atoms with E-state index in [1.54, 1.807) is 6.08 Å². The van der Waals surface area contributed by atoms with E-state index in [0.717, 1.165) is 41.0 Å². The molecular weight excluding hydrogens is 380 g/mol. The van der Waals surface area contributed by atoms with Crippen molar-refractivity contribution < 1.29 is 0 Å². The Bertz CT molecular complexity index is 1220. The third-order valence-electron chi connectivity index (χ3n) is 5.10. The highest BCUT2D eigenvalue weighted by Crippen LogP contribution is 2.24. The second-order valence-electron chi connectivity index (χ2n) is 7.31. The zero-order valence-corrected chi connectivity index (χ0v) is 17.7. The second-order valence-corrected chi connectivity index (χ2v) is 7.31. The molecule has 0 atom stereocenters. The van der Waals surface area contributed by atoms with Gasteiger partial charge in [0.25, 0.3) is 0 Å². The maximum atomic E-state index is 4.69. The van der Waals surface area contributed by atoms with Crippen LogP contribution >= 0.6 is 0 Å². The summed E-state index contributed by atoms with van der Waals surface area (Å²) in [6.45, 7) is 7.49. The van der Waals surface area contributed by atoms with Crippen LogP contribution in [0.4, 0.5) is 0 Å². The molecule has 4 aromatic rings. The second kappa shape index (κ2) is 9.83. The fraction of sp³-hybridized carbons (Fsp3) is 0.111. The summed E-state index contributed by atoms with van der Waals surface area (Å²) in [7, 11) is 0. The number of rotatable bonds is 8. The van der Waals surface area contributed by atoms with Crippen LogP contribution in [0.1, 0.15) is 23.6 Å². The topological polar surface area (TPSA) is 42.2 Å². The van der Waals surface area contributed by atoms with Gasteiger partial charge in [0.1, 0.15) is 0 Å². The first-order valence-corrected chi connectivity index (χ1v) is 10.4. The molecule has 154 valence electrons. The van der Waals surface area contributed by atoms with E-state index in [4.69, 9.17) is 0 Å². The standard InChI is InChI=1S/C27H26N4/c1-3-8-24(9-4-2)26-19-30-31-20-25(18-29-27(26)31)23-14-12-22(13-15-23)17-28-16-21-10-6-5-7-11-21/h3-15,18-20,28H,1,16-17H2,2H3/b9-4-,24-8+. The van der Waals surface area contributed by atoms with Gasteiger partial charge in [-0.1, -0.05) is 85.5 Å². The SMILES string of the molecule is C=C/C=C(\C=C/C)c1cnn2cc(-c3ccc(CNCc4ccccc4)cc3)cnc12. The fourth-order valence-electron chi connectivity index (χ4n) is 3.53. The van der Waals surface area contributed by atoms with Crippen LogP contribution in [0.2, 0.25) is 0 Å². The van der Waals surface area contributed by atoms with Gasteiger partial charge in [0.05, 0.1) is 6.20 Å². The first-order chi connectivity index (χ1) is 15.3. The molecule has 2 aromatic carbocycles. The van der Waals surface area contributed by atoms with Crippen molar-refractivity contribution >= 4 is 11.2 Å². The molecule has 2 aromatic heterocycles. The molecule has 1 N–H and O–H groups in total. The minimum absolute atomic E-state index is 0.830. The van der Waals surface area contributed by atoms with E-state index in [1.807, 2.05) is 54.3 Å². The van der Waals surface area contributed by atoms with E-state index >= 15 is 0 Å². The van der Waals surface area contributed by atoms with Crippen LogP contribution in [0.25, 0.3) is 22.3 Å². The van der Waals surface area contributed by atoms with E-state index in [-0.39, 0.29) is 0 Å². The first kappa shape index (κ1) is 20.5. The Hall–Kier alpha value is -3.76. The lowest BCUT2D eigenvalue weighted by Crippen LogP contribution is -2.12. The van der Waals surface area contributed by atoms with Gasteiger partial charge < -0.3 is 5.32 Å². The smallest absolute Gasteiger partial charge is 0.162 e. The molecule has 4 nitrogen and oxygen atoms in total. The van der Waals surface area contributed by atoms with Crippen LogP contribution in [0.3, 0.4) is 0 Å². The summed E-state index contributed by atoms with van der Waals surface area (Å²) in [4.78, 5) is 4.69. The zero-order chi connectivity index (χ0) is 21.5. The third kappa shape index (κ3) is 4.87. The summed E-state index contributed by atoms with van der Waals surface area (Å²) in [5.74, 6) is 0. The molecule has 31 heavy (non-hydrogen) atoms. The Labute approximate surface area is 183 Å². The average Bonchev–Trinajstić information content (AvgIpc) is 3.23. The summed E-state index contributed by atoms with van der Waals surface area (Å²) in [5.41, 5.74) is 7.55. The highest BCUT2D eigenvalue weighted by atomic mass is 15.2. The summed E-state index contributed by atoms with van der Waals surface area (Å²) >= 11 is 0. The third-order valence-corrected chi connectivity index (χ3v) is 5.10. The number of benzene rings is 2. The number of hydrogen-bond acceptors (Lipinski definition) is 3. The van der Waals surface area contributed by atoms with Crippen molar-refractivity contribution in [2.75, 3.05) is 0 Å². The number of nitrogens with one attached hydrogen (secondary N) is 1. The van der Waals surface area contributed by atoms with Gasteiger partial charge in [-0.3, -0.25) is 0 Å². The summed E-state index contributed by atoms with van der Waals surface area (Å²) in [6.07, 6.45) is 13.6. The van der Waals surface area contributed by atoms with Crippen molar-refractivity contribution in [2.45, 2.75) is 20.0 Å². The molecular formula is C27H26N4. The minimum Gasteiger partial charge on any atom is -0.309 e. The number of fused-ring (bicyclic) bond motifs is 1. The van der Waals surface area contributed by atoms with E-state index < -0.39 is 0 Å². The molecule has 0 aliphatic rings. The van der Waals surface area contributed by atoms with Gasteiger partial charge >= 0.3 is 0 Å². The maximum absolute atomic E-state index is 4.69. The van der Waals surface area contributed by atoms with Crippen molar-refractivity contribution in [3.8, 4) is 11.1 Å². The van der Waals surface area contributed by atoms with Crippen molar-refractivity contribution in [2.24, 2.45) is 0 Å². The molecule has 0 saturated carbocycles. The monoisotopic (exact) mass is 406 g/mol. The van der Waals surface area contributed by atoms with E-state index in [1.165, 1.54) is 11.1 Å². The summed E-state index contributed by atoms with van der Waals surface area (Å²) in [5, 5.41) is 8.00. The van der Waals surface area contributed by atoms with Crippen molar-refractivity contribution in [1.29, 1.82) is 0 Å². The Morgan fingerprint density at radius 3 is 2.42 bits per heavy atom. The number of allylic oxidation sites excluding steroid dienone is 5. The quantitative estimate of drug-likeness (QED) is 0.374. The van der Waals surface area contributed by atoms with Crippen molar-refractivity contribution in [1.82, 2.24) is 19.9 Å². The van der Waals surface area contributed by atoms with E-state index in [9.17, 15) is 0 Å². The highest BCUT2D eigenvalue weighted by molar-refractivity contribution is 5.82. The molecule has 2 heterocycles. The predicted molar refractivity (Wildman–Crippen MR) is 128 cm³/mol. The molecule has 0 bridgehead atoms. The van der Waals surface area contributed by atoms with Gasteiger partial charge in [0, 0.05) is 36.6 Å². The van der Waals surface area contributed by atoms with Crippen molar-refractivity contribution in [3.05, 3.63) is 121 Å². The first-order valence-electron chi connectivity index (χ1n) is 10.4. The van der Waals surface area contributed by atoms with Gasteiger partial charge in [-0.15, -0.1) is 0 Å². The molecule has 0 spiro atoms. The molecule has 0 fully saturated rings. The predicted octanol–water partition coefficient (Wildman–Crippen LogP) is 5.83. The Kier molecular flexibility index (Phi) is 6.50. The summed E-state index contributed by atoms with van der Waals surface area (Å²) < 4.78 is 1.83. The number of aromatic nitrogens is 3. The summed E-state index contributed by atoms with van der Waals surface area (Å²) in [6, 6.07) is 19.0. The molecule has 0 unspecified atom stereocenters. The van der Waals surface area contributed by atoms with Gasteiger partial charge in [-0.05, 0) is 29.2 Å². The van der Waals surface area contributed by atoms with Gasteiger partial charge in [0.2, 0.25) is 0 Å². The van der Waals surface area contributed by atoms with Gasteiger partial charge in [-0.2, -0.15) is 5.10 Å². The Morgan fingerprint density at radius 2 is 1.71 bits per heavy atom. The van der Waals surface area contributed by atoms with Crippen LogP contribution in [0.5, 0.6) is 0 Å². The zero-order valence-electron chi connectivity index (χ0n) is 17.7. The van der Waals surface area contributed by atoms with Gasteiger partial charge in [0.15, 0.2) is 5.65 Å². The minimum atomic E-state index is 0.830. The lowest BCUT2D eigenvalue weighted by Gasteiger charge is -2.07. The molecule has 0 amide bonds. The average molecular weight is 407 g/mol. The largest absolute Gasteiger partial charge is 0.309 e. The molecule has 0 aliphatic carbocycles. The number of hydrogen-bond donors (Lipinski definition) is 1. The van der Waals surface area contributed by atoms with E-state index in [0.29, 0.717) is 0 Å². The van der Waals surface area contributed by atoms with Gasteiger partial charge in [-0.25, -0.2) is 9.50 Å². The van der Waals surface area contributed by atoms with E-state index in [2.05, 4.69) is 70.5 Å².